The third kappa shape index (κ3) is 5.15. The summed E-state index contributed by atoms with van der Waals surface area (Å²) in [6.45, 7) is 0.270. The largest absolute Gasteiger partial charge is 0.480 e. The number of aliphatic carboxylic acids is 1. The summed E-state index contributed by atoms with van der Waals surface area (Å²) in [5.74, 6) is -1.59. The van der Waals surface area contributed by atoms with Crippen LogP contribution < -0.4 is 0 Å². The number of benzene rings is 3. The van der Waals surface area contributed by atoms with E-state index in [2.05, 4.69) is 4.98 Å². The van der Waals surface area contributed by atoms with Gasteiger partial charge in [-0.2, -0.15) is 4.31 Å². The number of carboxylic acids is 1. The number of hydrogen-bond donors (Lipinski definition) is 1. The van der Waals surface area contributed by atoms with Gasteiger partial charge < -0.3 is 9.67 Å². The minimum absolute atomic E-state index is 0. The Labute approximate surface area is 226 Å². The van der Waals surface area contributed by atoms with Crippen molar-refractivity contribution < 1.29 is 18.3 Å². The van der Waals surface area contributed by atoms with E-state index in [9.17, 15) is 18.3 Å². The van der Waals surface area contributed by atoms with Crippen LogP contribution in [0.2, 0.25) is 5.02 Å². The van der Waals surface area contributed by atoms with Crippen molar-refractivity contribution in [1.82, 2.24) is 13.9 Å². The third-order valence-electron chi connectivity index (χ3n) is 6.69. The molecule has 4 aromatic rings. The Hall–Kier alpha value is -3.17. The number of imidazole rings is 1. The maximum atomic E-state index is 14.0. The molecule has 7 nitrogen and oxygen atoms in total. The maximum absolute atomic E-state index is 14.0. The molecular weight excluding hydrogens is 533 g/mol. The molecule has 1 saturated carbocycles. The van der Waals surface area contributed by atoms with E-state index >= 15 is 0 Å². The van der Waals surface area contributed by atoms with Crippen LogP contribution in [0.5, 0.6) is 0 Å². The second kappa shape index (κ2) is 10.7. The highest BCUT2D eigenvalue weighted by atomic mass is 35.5. The molecule has 1 N–H and O–H groups in total. The molecule has 0 aliphatic heterocycles. The molecule has 0 spiro atoms. The Morgan fingerprint density at radius 3 is 2.22 bits per heavy atom. The van der Waals surface area contributed by atoms with Gasteiger partial charge in [0.05, 0.1) is 11.2 Å². The summed E-state index contributed by atoms with van der Waals surface area (Å²) in [7, 11) is -4.14. The Kier molecular flexibility index (Phi) is 7.75. The average Bonchev–Trinajstić information content (AvgIpc) is 3.42. The average molecular weight is 558 g/mol. The van der Waals surface area contributed by atoms with Gasteiger partial charge in [-0.05, 0) is 47.4 Å². The van der Waals surface area contributed by atoms with Gasteiger partial charge >= 0.3 is 5.97 Å². The summed E-state index contributed by atoms with van der Waals surface area (Å²) in [5.41, 5.74) is 0.974. The highest BCUT2D eigenvalue weighted by molar-refractivity contribution is 7.89. The SMILES string of the molecule is Cl.O=C(O)[C@@]1(N(CCn2ccnc2)S(=O)(=O)c2ccc(-c3ccc(Cl)cc3)cc2)C[C@H]1c1ccccc1. The van der Waals surface area contributed by atoms with Crippen molar-refractivity contribution in [2.75, 3.05) is 6.54 Å². The van der Waals surface area contributed by atoms with Crippen molar-refractivity contribution in [1.29, 1.82) is 0 Å². The summed E-state index contributed by atoms with van der Waals surface area (Å²) in [4.78, 5) is 16.7. The van der Waals surface area contributed by atoms with E-state index < -0.39 is 27.4 Å². The van der Waals surface area contributed by atoms with Crippen molar-refractivity contribution in [2.24, 2.45) is 0 Å². The molecule has 0 saturated heterocycles. The van der Waals surface area contributed by atoms with Crippen LogP contribution in [0.4, 0.5) is 0 Å². The number of carbonyl (C=O) groups is 1. The second-order valence-corrected chi connectivity index (χ2v) is 11.1. The molecule has 1 aromatic heterocycles. The minimum atomic E-state index is -4.14. The van der Waals surface area contributed by atoms with Crippen LogP contribution in [0.15, 0.2) is 102 Å². The molecule has 1 aliphatic rings. The van der Waals surface area contributed by atoms with Gasteiger partial charge in [-0.15, -0.1) is 12.4 Å². The summed E-state index contributed by atoms with van der Waals surface area (Å²) < 4.78 is 30.8. The second-order valence-electron chi connectivity index (χ2n) is 8.81. The van der Waals surface area contributed by atoms with E-state index in [1.54, 1.807) is 47.6 Å². The van der Waals surface area contributed by atoms with E-state index in [4.69, 9.17) is 11.6 Å². The minimum Gasteiger partial charge on any atom is -0.480 e. The van der Waals surface area contributed by atoms with Crippen molar-refractivity contribution in [3.8, 4) is 11.1 Å². The molecular formula is C27H25Cl2N3O4S. The summed E-state index contributed by atoms with van der Waals surface area (Å²) in [6, 6.07) is 23.0. The standard InChI is InChI=1S/C27H24ClN3O4S.ClH/c28-23-10-6-20(7-11-23)21-8-12-24(13-9-21)36(34,35)31(17-16-30-15-14-29-19-30)27(26(32)33)18-25(27)22-4-2-1-3-5-22;/h1-15,19,25H,16-18H2,(H,32,33);1H/t25-,27+;/m0./s1. The van der Waals surface area contributed by atoms with E-state index in [0.29, 0.717) is 5.02 Å². The molecule has 192 valence electrons. The number of hydrogen-bond acceptors (Lipinski definition) is 4. The monoisotopic (exact) mass is 557 g/mol. The molecule has 0 amide bonds. The summed E-state index contributed by atoms with van der Waals surface area (Å²) >= 11 is 5.98. The number of carboxylic acid groups (broad SMARTS) is 1. The van der Waals surface area contributed by atoms with Gasteiger partial charge in [0.15, 0.2) is 0 Å². The number of nitrogens with zero attached hydrogens (tertiary/aromatic N) is 3. The van der Waals surface area contributed by atoms with Crippen LogP contribution in [0, 0.1) is 0 Å². The molecule has 10 heteroatoms. The zero-order chi connectivity index (χ0) is 25.3. The Bertz CT molecular complexity index is 1460. The van der Waals surface area contributed by atoms with E-state index in [1.165, 1.54) is 12.1 Å². The van der Waals surface area contributed by atoms with Gasteiger partial charge in [0.1, 0.15) is 5.54 Å². The molecule has 5 rings (SSSR count). The van der Waals surface area contributed by atoms with Gasteiger partial charge in [-0.3, -0.25) is 4.79 Å². The molecule has 0 radical (unpaired) electrons. The van der Waals surface area contributed by atoms with Crippen molar-refractivity contribution in [3.63, 3.8) is 0 Å². The lowest BCUT2D eigenvalue weighted by Gasteiger charge is -2.29. The van der Waals surface area contributed by atoms with Crippen molar-refractivity contribution in [3.05, 3.63) is 108 Å². The fourth-order valence-corrected chi connectivity index (χ4v) is 6.59. The Morgan fingerprint density at radius 1 is 1.03 bits per heavy atom. The van der Waals surface area contributed by atoms with Crippen molar-refractivity contribution in [2.45, 2.75) is 29.3 Å². The fraction of sp³-hybridized carbons (Fsp3) is 0.185. The smallest absolute Gasteiger partial charge is 0.325 e. The number of rotatable bonds is 9. The lowest BCUT2D eigenvalue weighted by atomic mass is 10.1. The topological polar surface area (TPSA) is 92.5 Å². The first-order chi connectivity index (χ1) is 17.3. The van der Waals surface area contributed by atoms with Crippen LogP contribution in [-0.2, 0) is 21.4 Å². The van der Waals surface area contributed by atoms with Crippen LogP contribution in [0.3, 0.4) is 0 Å². The predicted molar refractivity (Wildman–Crippen MR) is 144 cm³/mol. The van der Waals surface area contributed by atoms with Crippen LogP contribution in [0.25, 0.3) is 11.1 Å². The molecule has 0 bridgehead atoms. The summed E-state index contributed by atoms with van der Waals surface area (Å²) in [6.07, 6.45) is 5.12. The van der Waals surface area contributed by atoms with E-state index in [0.717, 1.165) is 21.0 Å². The van der Waals surface area contributed by atoms with E-state index in [1.807, 2.05) is 42.5 Å². The van der Waals surface area contributed by atoms with Gasteiger partial charge in [-0.25, -0.2) is 13.4 Å². The molecule has 37 heavy (non-hydrogen) atoms. The highest BCUT2D eigenvalue weighted by Crippen LogP contribution is 2.57. The maximum Gasteiger partial charge on any atom is 0.325 e. The first-order valence-electron chi connectivity index (χ1n) is 11.5. The quantitative estimate of drug-likeness (QED) is 0.300. The zero-order valence-electron chi connectivity index (χ0n) is 19.6. The first kappa shape index (κ1) is 26.9. The predicted octanol–water partition coefficient (Wildman–Crippen LogP) is 5.33. The van der Waals surface area contributed by atoms with Gasteiger partial charge in [0.25, 0.3) is 0 Å². The first-order valence-corrected chi connectivity index (χ1v) is 13.3. The molecule has 1 fully saturated rings. The molecule has 1 aliphatic carbocycles. The zero-order valence-corrected chi connectivity index (χ0v) is 22.0. The van der Waals surface area contributed by atoms with Crippen LogP contribution in [-0.4, -0.2) is 45.4 Å². The summed E-state index contributed by atoms with van der Waals surface area (Å²) in [5, 5.41) is 11.0. The van der Waals surface area contributed by atoms with Gasteiger partial charge in [-0.1, -0.05) is 66.2 Å². The normalized spacial score (nSPS) is 18.8. The van der Waals surface area contributed by atoms with Crippen molar-refractivity contribution >= 4 is 40.0 Å². The Morgan fingerprint density at radius 2 is 1.65 bits per heavy atom. The highest BCUT2D eigenvalue weighted by Gasteiger charge is 2.67. The lowest BCUT2D eigenvalue weighted by Crippen LogP contribution is -2.49. The number of sulfonamides is 1. The fourth-order valence-electron chi connectivity index (χ4n) is 4.70. The van der Waals surface area contributed by atoms with Crippen LogP contribution >= 0.6 is 24.0 Å². The number of halogens is 2. The van der Waals surface area contributed by atoms with E-state index in [-0.39, 0.29) is 36.8 Å². The Balaban J connectivity index is 0.00000320. The lowest BCUT2D eigenvalue weighted by molar-refractivity contribution is -0.143. The van der Waals surface area contributed by atoms with Gasteiger partial charge in [0.2, 0.25) is 10.0 Å². The molecule has 0 unspecified atom stereocenters. The molecule has 2 atom stereocenters. The van der Waals surface area contributed by atoms with Crippen LogP contribution in [0.1, 0.15) is 17.9 Å². The van der Waals surface area contributed by atoms with Gasteiger partial charge in [0, 0.05) is 36.4 Å². The molecule has 3 aromatic carbocycles. The number of aromatic nitrogens is 2. The third-order valence-corrected chi connectivity index (χ3v) is 8.90. The molecule has 1 heterocycles.